The van der Waals surface area contributed by atoms with Gasteiger partial charge in [-0.1, -0.05) is 5.57 Å². The van der Waals surface area contributed by atoms with Gasteiger partial charge in [-0.25, -0.2) is 4.39 Å². The van der Waals surface area contributed by atoms with Gasteiger partial charge in [0.25, 0.3) is 0 Å². The lowest BCUT2D eigenvalue weighted by atomic mass is 10.00. The topological polar surface area (TPSA) is 27.1 Å². The second-order valence-electron chi connectivity index (χ2n) is 5.83. The Morgan fingerprint density at radius 2 is 2.37 bits per heavy atom. The number of hydrogen-bond acceptors (Lipinski definition) is 2. The number of fused-ring (bicyclic) bond motifs is 1. The first-order valence-corrected chi connectivity index (χ1v) is 7.68. The van der Waals surface area contributed by atoms with Crippen molar-refractivity contribution in [2.45, 2.75) is 37.9 Å². The van der Waals surface area contributed by atoms with E-state index in [0.717, 1.165) is 3.70 Å². The number of hydrogen-bond donors (Lipinski definition) is 0. The van der Waals surface area contributed by atoms with Gasteiger partial charge in [0.05, 0.1) is 6.61 Å². The van der Waals surface area contributed by atoms with Crippen molar-refractivity contribution < 1.29 is 9.13 Å². The number of rotatable bonds is 4. The van der Waals surface area contributed by atoms with Crippen molar-refractivity contribution in [1.82, 2.24) is 9.78 Å². The summed E-state index contributed by atoms with van der Waals surface area (Å²) in [6.07, 6.45) is 2.34. The minimum absolute atomic E-state index is 0.167. The molecule has 1 aromatic heterocycles. The summed E-state index contributed by atoms with van der Waals surface area (Å²) in [4.78, 5) is 0. The third-order valence-corrected chi connectivity index (χ3v) is 4.52. The van der Waals surface area contributed by atoms with Crippen molar-refractivity contribution in [2.75, 3.05) is 13.7 Å². The smallest absolute Gasteiger partial charge is 0.153 e. The zero-order valence-electron chi connectivity index (χ0n) is 11.4. The summed E-state index contributed by atoms with van der Waals surface area (Å²) < 4.78 is 22.4. The van der Waals surface area contributed by atoms with Crippen LogP contribution >= 0.6 is 22.6 Å². The maximum absolute atomic E-state index is 14.3. The van der Waals surface area contributed by atoms with E-state index in [4.69, 9.17) is 4.74 Å². The predicted octanol–water partition coefficient (Wildman–Crippen LogP) is 3.47. The van der Waals surface area contributed by atoms with Gasteiger partial charge in [-0.2, -0.15) is 5.10 Å². The molecule has 1 unspecified atom stereocenters. The van der Waals surface area contributed by atoms with Crippen LogP contribution in [0.5, 0.6) is 0 Å². The first kappa shape index (κ1) is 13.5. The van der Waals surface area contributed by atoms with Crippen LogP contribution in [0.1, 0.15) is 37.9 Å². The Labute approximate surface area is 126 Å². The van der Waals surface area contributed by atoms with E-state index in [1.165, 1.54) is 11.3 Å². The van der Waals surface area contributed by atoms with Gasteiger partial charge in [0.15, 0.2) is 5.67 Å². The molecule has 0 N–H and O–H groups in total. The minimum Gasteiger partial charge on any atom is -0.381 e. The third kappa shape index (κ3) is 2.24. The molecule has 0 aromatic carbocycles. The van der Waals surface area contributed by atoms with Crippen LogP contribution in [0.15, 0.2) is 17.7 Å². The molecule has 0 bridgehead atoms. The summed E-state index contributed by atoms with van der Waals surface area (Å²) in [7, 11) is 1.55. The van der Waals surface area contributed by atoms with Gasteiger partial charge in [-0.05, 0) is 60.9 Å². The lowest BCUT2D eigenvalue weighted by molar-refractivity contribution is 0.0696. The summed E-state index contributed by atoms with van der Waals surface area (Å²) in [6.45, 7) is 4.42. The Kier molecular flexibility index (Phi) is 3.24. The molecule has 19 heavy (non-hydrogen) atoms. The van der Waals surface area contributed by atoms with Crippen LogP contribution in [-0.2, 0) is 4.74 Å². The molecule has 1 heterocycles. The van der Waals surface area contributed by atoms with Gasteiger partial charge in [0.1, 0.15) is 3.70 Å². The van der Waals surface area contributed by atoms with E-state index in [-0.39, 0.29) is 6.61 Å². The highest BCUT2D eigenvalue weighted by atomic mass is 127. The van der Waals surface area contributed by atoms with Crippen LogP contribution < -0.4 is 0 Å². The van der Waals surface area contributed by atoms with E-state index in [1.807, 2.05) is 0 Å². The fraction of sp³-hybridized carbons (Fsp3) is 0.643. The number of allylic oxidation sites excluding steroid dienone is 1. The first-order valence-electron chi connectivity index (χ1n) is 6.60. The normalized spacial score (nSPS) is 32.6. The number of methoxy groups -OCH3 is 1. The average molecular weight is 376 g/mol. The van der Waals surface area contributed by atoms with Crippen LogP contribution in [0.4, 0.5) is 4.39 Å². The molecule has 3 rings (SSSR count). The Bertz CT molecular complexity index is 540. The average Bonchev–Trinajstić information content (AvgIpc) is 2.70. The van der Waals surface area contributed by atoms with Gasteiger partial charge >= 0.3 is 0 Å². The number of halogens is 2. The molecule has 0 amide bonds. The summed E-state index contributed by atoms with van der Waals surface area (Å²) in [5.41, 5.74) is 1.22. The zero-order chi connectivity index (χ0) is 13.8. The van der Waals surface area contributed by atoms with Gasteiger partial charge in [0, 0.05) is 24.8 Å². The highest BCUT2D eigenvalue weighted by molar-refractivity contribution is 14.1. The van der Waals surface area contributed by atoms with Crippen LogP contribution in [0, 0.1) is 9.62 Å². The summed E-state index contributed by atoms with van der Waals surface area (Å²) in [5, 5.41) is 4.53. The van der Waals surface area contributed by atoms with Gasteiger partial charge in [-0.15, -0.1) is 0 Å². The maximum Gasteiger partial charge on any atom is 0.153 e. The Hall–Kier alpha value is -0.430. The molecular formula is C14H18FIN2O. The summed E-state index contributed by atoms with van der Waals surface area (Å²) >= 11 is 2.24. The van der Waals surface area contributed by atoms with Gasteiger partial charge < -0.3 is 4.74 Å². The van der Waals surface area contributed by atoms with E-state index < -0.39 is 5.67 Å². The lowest BCUT2D eigenvalue weighted by Gasteiger charge is -2.19. The largest absolute Gasteiger partial charge is 0.381 e. The van der Waals surface area contributed by atoms with Crippen LogP contribution in [0.25, 0.3) is 0 Å². The van der Waals surface area contributed by atoms with Crippen molar-refractivity contribution >= 4 is 22.6 Å². The van der Waals surface area contributed by atoms with Gasteiger partial charge in [-0.3, -0.25) is 4.68 Å². The van der Waals surface area contributed by atoms with Crippen molar-refractivity contribution in [3.05, 3.63) is 27.1 Å². The fourth-order valence-corrected chi connectivity index (χ4v) is 3.79. The summed E-state index contributed by atoms with van der Waals surface area (Å²) in [5.74, 6) is 0.726. The van der Waals surface area contributed by atoms with E-state index in [2.05, 4.69) is 52.3 Å². The number of alkyl halides is 1. The maximum atomic E-state index is 14.3. The highest BCUT2D eigenvalue weighted by Gasteiger charge is 2.56. The molecule has 3 nitrogen and oxygen atoms in total. The van der Waals surface area contributed by atoms with E-state index >= 15 is 0 Å². The minimum atomic E-state index is -1.25. The second-order valence-corrected chi connectivity index (χ2v) is 6.94. The molecular weight excluding hydrogens is 358 g/mol. The monoisotopic (exact) mass is 376 g/mol. The molecule has 1 fully saturated rings. The molecule has 0 radical (unpaired) electrons. The molecule has 0 aliphatic heterocycles. The van der Waals surface area contributed by atoms with Crippen molar-refractivity contribution in [2.24, 2.45) is 5.92 Å². The molecule has 1 aromatic rings. The molecule has 5 heteroatoms. The Balaban J connectivity index is 1.85. The van der Waals surface area contributed by atoms with Crippen molar-refractivity contribution in [3.8, 4) is 0 Å². The zero-order valence-corrected chi connectivity index (χ0v) is 13.5. The molecule has 0 saturated heterocycles. The highest BCUT2D eigenvalue weighted by Crippen LogP contribution is 2.63. The number of nitrogens with zero attached hydrogens (tertiary/aromatic N) is 2. The molecule has 2 aliphatic carbocycles. The Morgan fingerprint density at radius 1 is 1.63 bits per heavy atom. The van der Waals surface area contributed by atoms with Crippen LogP contribution in [0.3, 0.4) is 0 Å². The second kappa shape index (κ2) is 4.55. The van der Waals surface area contributed by atoms with Gasteiger partial charge in [0.2, 0.25) is 0 Å². The number of ether oxygens (including phenoxy) is 1. The molecule has 1 saturated carbocycles. The summed E-state index contributed by atoms with van der Waals surface area (Å²) in [6, 6.07) is 2.47. The van der Waals surface area contributed by atoms with E-state index in [9.17, 15) is 4.39 Å². The quantitative estimate of drug-likeness (QED) is 0.595. The van der Waals surface area contributed by atoms with Crippen molar-refractivity contribution in [1.29, 1.82) is 0 Å². The van der Waals surface area contributed by atoms with Crippen LogP contribution in [0.2, 0.25) is 0 Å². The Morgan fingerprint density at radius 3 is 2.89 bits per heavy atom. The van der Waals surface area contributed by atoms with E-state index in [0.29, 0.717) is 24.3 Å². The molecule has 3 atom stereocenters. The SMILES string of the molecule is COCC1(F)C=C2[C@@H](C1)[C@@H]2c1cc(I)nn1C(C)C. The lowest BCUT2D eigenvalue weighted by Crippen LogP contribution is -2.25. The van der Waals surface area contributed by atoms with Crippen molar-refractivity contribution in [3.63, 3.8) is 0 Å². The van der Waals surface area contributed by atoms with E-state index in [1.54, 1.807) is 13.2 Å². The molecule has 2 aliphatic rings. The standard InChI is InChI=1S/C14H18FIN2O/c1-8(2)18-11(4-12(16)17-18)13-9-5-14(15,7-19-3)6-10(9)13/h4-5,8,10,13H,6-7H2,1-3H3/t10-,13-,14?/m1/s1. The third-order valence-electron chi connectivity index (χ3n) is 3.99. The fourth-order valence-electron chi connectivity index (χ4n) is 3.24. The molecule has 104 valence electrons. The van der Waals surface area contributed by atoms with Crippen LogP contribution in [-0.4, -0.2) is 29.2 Å². The first-order chi connectivity index (χ1) is 8.95. The molecule has 0 spiro atoms. The predicted molar refractivity (Wildman–Crippen MR) is 80.0 cm³/mol. The number of aromatic nitrogens is 2.